The Hall–Kier alpha value is -3.08. The molecule has 0 radical (unpaired) electrons. The Kier molecular flexibility index (Phi) is 4.88. The van der Waals surface area contributed by atoms with E-state index in [1.165, 1.54) is 16.7 Å². The lowest BCUT2D eigenvalue weighted by atomic mass is 9.88. The van der Waals surface area contributed by atoms with E-state index in [1.807, 2.05) is 6.20 Å². The molecule has 5 nitrogen and oxygen atoms in total. The minimum absolute atomic E-state index is 0.0968. The molecule has 2 unspecified atom stereocenters. The Labute approximate surface area is 191 Å². The molecule has 3 aromatic rings. The molecule has 0 saturated heterocycles. The minimum atomic E-state index is -0.159. The molecule has 2 aliphatic heterocycles. The molecule has 2 aromatic carbocycles. The zero-order chi connectivity index (χ0) is 22.5. The van der Waals surface area contributed by atoms with Gasteiger partial charge in [-0.25, -0.2) is 4.68 Å². The van der Waals surface area contributed by atoms with Gasteiger partial charge in [0.1, 0.15) is 11.7 Å². The number of aromatic nitrogens is 2. The van der Waals surface area contributed by atoms with Crippen molar-refractivity contribution in [3.05, 3.63) is 83.0 Å². The number of hydrogen-bond acceptors (Lipinski definition) is 4. The van der Waals surface area contributed by atoms with Crippen molar-refractivity contribution in [3.8, 4) is 0 Å². The third kappa shape index (κ3) is 3.81. The molecule has 2 N–H and O–H groups in total. The lowest BCUT2D eigenvalue weighted by Gasteiger charge is -2.39. The number of rotatable bonds is 3. The molecule has 3 heterocycles. The fourth-order valence-corrected chi connectivity index (χ4v) is 5.04. The largest absolute Gasteiger partial charge is 0.363 e. The van der Waals surface area contributed by atoms with Crippen LogP contribution in [0.25, 0.3) is 0 Å². The molecular weight excluding hydrogens is 394 g/mol. The number of nitrogens with one attached hydrogen (secondary N) is 2. The van der Waals surface area contributed by atoms with Gasteiger partial charge in [-0.15, -0.1) is 0 Å². The van der Waals surface area contributed by atoms with Crippen molar-refractivity contribution in [2.75, 3.05) is 5.32 Å². The highest BCUT2D eigenvalue weighted by Gasteiger charge is 2.38. The molecule has 0 saturated carbocycles. The summed E-state index contributed by atoms with van der Waals surface area (Å²) in [4.78, 5) is 5.12. The summed E-state index contributed by atoms with van der Waals surface area (Å²) in [6.07, 6.45) is 3.90. The molecule has 2 atom stereocenters. The van der Waals surface area contributed by atoms with Crippen LogP contribution in [0.3, 0.4) is 0 Å². The summed E-state index contributed by atoms with van der Waals surface area (Å²) in [7, 11) is 0. The van der Waals surface area contributed by atoms with E-state index in [-0.39, 0.29) is 23.2 Å². The van der Waals surface area contributed by atoms with Crippen LogP contribution in [0.5, 0.6) is 0 Å². The highest BCUT2D eigenvalue weighted by Crippen LogP contribution is 2.41. The van der Waals surface area contributed by atoms with Crippen molar-refractivity contribution in [3.63, 3.8) is 0 Å². The summed E-state index contributed by atoms with van der Waals surface area (Å²) in [5, 5.41) is 12.3. The van der Waals surface area contributed by atoms with Gasteiger partial charge in [0.15, 0.2) is 0 Å². The van der Waals surface area contributed by atoms with Crippen LogP contribution >= 0.6 is 0 Å². The lowest BCUT2D eigenvalue weighted by molar-refractivity contribution is 0.263. The molecule has 1 aromatic heterocycles. The molecular formula is C27H33N5. The summed E-state index contributed by atoms with van der Waals surface area (Å²) in [5.74, 6) is 1.96. The molecule has 0 aliphatic carbocycles. The van der Waals surface area contributed by atoms with Gasteiger partial charge >= 0.3 is 0 Å². The molecule has 0 spiro atoms. The Morgan fingerprint density at radius 2 is 1.50 bits per heavy atom. The van der Waals surface area contributed by atoms with Crippen molar-refractivity contribution in [2.45, 2.75) is 70.6 Å². The Bertz CT molecular complexity index is 1140. The molecule has 2 aliphatic rings. The SMILES string of the molecule is Cc1ccc(C2CC(C)(C)N=C(c3cnn4c3NC(c3ccccc3)CC4(C)C)N2)cc1. The predicted octanol–water partition coefficient (Wildman–Crippen LogP) is 5.74. The lowest BCUT2D eigenvalue weighted by Crippen LogP contribution is -2.42. The van der Waals surface area contributed by atoms with Crippen LogP contribution in [0, 0.1) is 6.92 Å². The predicted molar refractivity (Wildman–Crippen MR) is 131 cm³/mol. The first kappa shape index (κ1) is 20.8. The standard InChI is InChI=1S/C27H33N5/c1-18-11-13-20(14-12-18)22-15-26(2,3)31-24(29-22)21-17-28-32-25(21)30-23(16-27(32,4)5)19-9-7-6-8-10-19/h6-14,17,22-23,30H,15-16H2,1-5H3,(H,29,31). The smallest absolute Gasteiger partial charge is 0.136 e. The highest BCUT2D eigenvalue weighted by atomic mass is 15.4. The number of benzene rings is 2. The zero-order valence-electron chi connectivity index (χ0n) is 19.7. The second-order valence-corrected chi connectivity index (χ2v) is 10.5. The molecule has 32 heavy (non-hydrogen) atoms. The van der Waals surface area contributed by atoms with Crippen molar-refractivity contribution >= 4 is 11.7 Å². The second kappa shape index (κ2) is 7.51. The van der Waals surface area contributed by atoms with Crippen molar-refractivity contribution in [2.24, 2.45) is 4.99 Å². The Balaban J connectivity index is 1.52. The molecule has 0 amide bonds. The summed E-state index contributed by atoms with van der Waals surface area (Å²) in [6.45, 7) is 11.1. The fraction of sp³-hybridized carbons (Fsp3) is 0.407. The summed E-state index contributed by atoms with van der Waals surface area (Å²) in [5.41, 5.74) is 4.67. The van der Waals surface area contributed by atoms with Gasteiger partial charge in [-0.1, -0.05) is 60.2 Å². The van der Waals surface area contributed by atoms with Crippen LogP contribution in [-0.4, -0.2) is 21.2 Å². The van der Waals surface area contributed by atoms with E-state index in [9.17, 15) is 0 Å². The first-order valence-electron chi connectivity index (χ1n) is 11.6. The average Bonchev–Trinajstić information content (AvgIpc) is 3.18. The molecule has 0 fully saturated rings. The maximum Gasteiger partial charge on any atom is 0.136 e. The first-order chi connectivity index (χ1) is 15.2. The van der Waals surface area contributed by atoms with Gasteiger partial charge in [0.05, 0.1) is 34.9 Å². The van der Waals surface area contributed by atoms with Crippen LogP contribution in [0.2, 0.25) is 0 Å². The van der Waals surface area contributed by atoms with Crippen LogP contribution in [0.15, 0.2) is 65.8 Å². The van der Waals surface area contributed by atoms with Gasteiger partial charge in [-0.05, 0) is 58.6 Å². The minimum Gasteiger partial charge on any atom is -0.363 e. The summed E-state index contributed by atoms with van der Waals surface area (Å²) in [6, 6.07) is 20.0. The first-order valence-corrected chi connectivity index (χ1v) is 11.6. The molecule has 0 bridgehead atoms. The zero-order valence-corrected chi connectivity index (χ0v) is 19.7. The second-order valence-electron chi connectivity index (χ2n) is 10.5. The van der Waals surface area contributed by atoms with Crippen LogP contribution in [-0.2, 0) is 5.54 Å². The van der Waals surface area contributed by atoms with Gasteiger partial charge in [-0.3, -0.25) is 4.99 Å². The third-order valence-electron chi connectivity index (χ3n) is 6.72. The van der Waals surface area contributed by atoms with Crippen LogP contribution < -0.4 is 10.6 Å². The van der Waals surface area contributed by atoms with E-state index >= 15 is 0 Å². The molecule has 166 valence electrons. The van der Waals surface area contributed by atoms with E-state index in [1.54, 1.807) is 0 Å². The van der Waals surface area contributed by atoms with Crippen molar-refractivity contribution < 1.29 is 0 Å². The van der Waals surface area contributed by atoms with Gasteiger partial charge in [0, 0.05) is 0 Å². The number of nitrogens with zero attached hydrogens (tertiary/aromatic N) is 3. The fourth-order valence-electron chi connectivity index (χ4n) is 5.04. The number of hydrogen-bond donors (Lipinski definition) is 2. The number of fused-ring (bicyclic) bond motifs is 1. The van der Waals surface area contributed by atoms with Crippen LogP contribution in [0.4, 0.5) is 5.82 Å². The maximum atomic E-state index is 5.12. The van der Waals surface area contributed by atoms with Crippen LogP contribution in [0.1, 0.15) is 74.9 Å². The Morgan fingerprint density at radius 3 is 2.22 bits per heavy atom. The van der Waals surface area contributed by atoms with Gasteiger partial charge in [0.25, 0.3) is 0 Å². The number of aryl methyl sites for hydroxylation is 1. The maximum absolute atomic E-state index is 5.12. The van der Waals surface area contributed by atoms with E-state index in [0.29, 0.717) is 0 Å². The molecule has 5 rings (SSSR count). The summed E-state index contributed by atoms with van der Waals surface area (Å²) < 4.78 is 2.13. The highest BCUT2D eigenvalue weighted by molar-refractivity contribution is 6.03. The van der Waals surface area contributed by atoms with Crippen molar-refractivity contribution in [1.82, 2.24) is 15.1 Å². The quantitative estimate of drug-likeness (QED) is 0.560. The number of aliphatic imine (C=N–C) groups is 1. The number of amidine groups is 1. The average molecular weight is 428 g/mol. The van der Waals surface area contributed by atoms with E-state index in [2.05, 4.69) is 105 Å². The monoisotopic (exact) mass is 427 g/mol. The normalized spacial score (nSPS) is 23.5. The third-order valence-corrected chi connectivity index (χ3v) is 6.72. The van der Waals surface area contributed by atoms with Gasteiger partial charge < -0.3 is 10.6 Å². The van der Waals surface area contributed by atoms with Crippen molar-refractivity contribution in [1.29, 1.82) is 0 Å². The topological polar surface area (TPSA) is 54.2 Å². The number of anilines is 1. The summed E-state index contributed by atoms with van der Waals surface area (Å²) >= 11 is 0. The van der Waals surface area contributed by atoms with E-state index in [0.717, 1.165) is 30.1 Å². The molecule has 5 heteroatoms. The van der Waals surface area contributed by atoms with E-state index in [4.69, 9.17) is 10.1 Å². The Morgan fingerprint density at radius 1 is 0.844 bits per heavy atom. The van der Waals surface area contributed by atoms with Gasteiger partial charge in [-0.2, -0.15) is 5.10 Å². The van der Waals surface area contributed by atoms with E-state index < -0.39 is 0 Å². The van der Waals surface area contributed by atoms with Gasteiger partial charge in [0.2, 0.25) is 0 Å².